The van der Waals surface area contributed by atoms with Crippen LogP contribution in [0.1, 0.15) is 76.2 Å². The molecule has 2 aliphatic carbocycles. The highest BCUT2D eigenvalue weighted by molar-refractivity contribution is 6.17. The third-order valence-electron chi connectivity index (χ3n) is 8.89. The second kappa shape index (κ2) is 11.2. The van der Waals surface area contributed by atoms with E-state index in [1.807, 2.05) is 17.7 Å². The zero-order chi connectivity index (χ0) is 28.6. The van der Waals surface area contributed by atoms with Gasteiger partial charge in [0.05, 0.1) is 30.2 Å². The van der Waals surface area contributed by atoms with Gasteiger partial charge in [0.1, 0.15) is 17.6 Å². The van der Waals surface area contributed by atoms with Crippen molar-refractivity contribution in [1.29, 1.82) is 0 Å². The first kappa shape index (κ1) is 27.3. The van der Waals surface area contributed by atoms with Crippen LogP contribution < -0.4 is 10.5 Å². The second-order valence-corrected chi connectivity index (χ2v) is 11.6. The second-order valence-electron chi connectivity index (χ2n) is 11.6. The van der Waals surface area contributed by atoms with Crippen molar-refractivity contribution in [3.8, 4) is 11.7 Å². The zero-order valence-electron chi connectivity index (χ0n) is 23.7. The first-order chi connectivity index (χ1) is 19.8. The molecule has 0 bridgehead atoms. The van der Waals surface area contributed by atoms with E-state index in [2.05, 4.69) is 32.2 Å². The summed E-state index contributed by atoms with van der Waals surface area (Å²) >= 11 is 0. The molecule has 6 rings (SSSR count). The van der Waals surface area contributed by atoms with Crippen LogP contribution in [-0.2, 0) is 16.1 Å². The van der Waals surface area contributed by atoms with Crippen molar-refractivity contribution in [3.05, 3.63) is 48.1 Å². The number of allylic oxidation sites excluding steroid dienone is 1. The molecule has 4 heterocycles. The molecule has 41 heavy (non-hydrogen) atoms. The number of aromatic nitrogens is 7. The van der Waals surface area contributed by atoms with Gasteiger partial charge >= 0.3 is 0 Å². The maximum absolute atomic E-state index is 13.8. The van der Waals surface area contributed by atoms with Crippen molar-refractivity contribution < 1.29 is 14.3 Å². The van der Waals surface area contributed by atoms with E-state index in [1.165, 1.54) is 0 Å². The van der Waals surface area contributed by atoms with E-state index in [0.29, 0.717) is 49.5 Å². The Morgan fingerprint density at radius 3 is 2.78 bits per heavy atom. The average Bonchev–Trinajstić information content (AvgIpc) is 3.74. The van der Waals surface area contributed by atoms with Crippen LogP contribution >= 0.6 is 0 Å². The van der Waals surface area contributed by atoms with Crippen molar-refractivity contribution in [2.24, 2.45) is 11.1 Å². The molecule has 3 aromatic heterocycles. The predicted molar refractivity (Wildman–Crippen MR) is 150 cm³/mol. The Morgan fingerprint density at radius 2 is 2.02 bits per heavy atom. The van der Waals surface area contributed by atoms with Gasteiger partial charge in [0.25, 0.3) is 0 Å². The van der Waals surface area contributed by atoms with Crippen LogP contribution in [-0.4, -0.2) is 76.7 Å². The first-order valence-electron chi connectivity index (χ1n) is 14.5. The van der Waals surface area contributed by atoms with E-state index in [-0.39, 0.29) is 35.2 Å². The lowest BCUT2D eigenvalue weighted by molar-refractivity contribution is -0.143. The largest absolute Gasteiger partial charge is 0.473 e. The van der Waals surface area contributed by atoms with Crippen LogP contribution in [0.4, 0.5) is 0 Å². The minimum atomic E-state index is -0.955. The Kier molecular flexibility index (Phi) is 7.41. The van der Waals surface area contributed by atoms with E-state index in [0.717, 1.165) is 44.3 Å². The minimum absolute atomic E-state index is 0.0417. The first-order valence-corrected chi connectivity index (χ1v) is 14.5. The molecule has 3 fully saturated rings. The molecule has 2 N–H and O–H groups in total. The van der Waals surface area contributed by atoms with Crippen LogP contribution in [0, 0.1) is 5.41 Å². The van der Waals surface area contributed by atoms with Crippen LogP contribution in [0.3, 0.4) is 0 Å². The number of carbonyl (C=O) groups is 2. The predicted octanol–water partition coefficient (Wildman–Crippen LogP) is 2.72. The molecule has 1 saturated heterocycles. The normalized spacial score (nSPS) is 25.6. The highest BCUT2D eigenvalue weighted by Gasteiger charge is 2.49. The number of hydrogen-bond acceptors (Lipinski definition) is 10. The molecule has 3 aliphatic rings. The van der Waals surface area contributed by atoms with Gasteiger partial charge in [-0.2, -0.15) is 4.98 Å². The molecule has 0 radical (unpaired) electrons. The van der Waals surface area contributed by atoms with Crippen LogP contribution in [0.25, 0.3) is 11.5 Å². The highest BCUT2D eigenvalue weighted by Crippen LogP contribution is 2.45. The van der Waals surface area contributed by atoms with Crippen molar-refractivity contribution in [1.82, 2.24) is 39.4 Å². The molecule has 3 atom stereocenters. The Hall–Kier alpha value is -3.93. The fourth-order valence-corrected chi connectivity index (χ4v) is 6.63. The van der Waals surface area contributed by atoms with Gasteiger partial charge in [-0.1, -0.05) is 11.6 Å². The van der Waals surface area contributed by atoms with Crippen molar-refractivity contribution in [3.63, 3.8) is 0 Å². The van der Waals surface area contributed by atoms with E-state index in [4.69, 9.17) is 15.5 Å². The molecule has 1 spiro atoms. The molecular formula is C29H37N9O3. The summed E-state index contributed by atoms with van der Waals surface area (Å²) in [6.45, 7) is 3.57. The standard InChI is InChI=1S/C29H37N9O3/c1-19(22-8-6-13-36(22)2)41-25-15-24(38-17-20(34-35-38)16-37-14-12-31-18-37)32-28(33-25)26(30)21-7-5-11-29(27(21)40)10-4-3-9-23(29)39/h12,14-15,17-19,22H,3-11,13,16,30H2,1-2H3/t19-,22-,29+/m0/s1. The summed E-state index contributed by atoms with van der Waals surface area (Å²) in [6.07, 6.45) is 13.6. The molecule has 216 valence electrons. The van der Waals surface area contributed by atoms with Crippen LogP contribution in [0.2, 0.25) is 0 Å². The lowest BCUT2D eigenvalue weighted by Crippen LogP contribution is -2.45. The number of ketones is 2. The number of likely N-dealkylation sites (tertiary alicyclic amines) is 1. The number of carbonyl (C=O) groups excluding carboxylic acids is 2. The number of Topliss-reactive ketones (excluding diaryl/α,β-unsaturated/α-hetero) is 2. The van der Waals surface area contributed by atoms with Crippen molar-refractivity contribution >= 4 is 17.3 Å². The fourth-order valence-electron chi connectivity index (χ4n) is 6.63. The average molecular weight is 560 g/mol. The number of imidazole rings is 1. The Balaban J connectivity index is 1.37. The zero-order valence-corrected chi connectivity index (χ0v) is 23.7. The lowest BCUT2D eigenvalue weighted by atomic mass is 9.62. The van der Waals surface area contributed by atoms with Crippen molar-refractivity contribution in [2.75, 3.05) is 13.6 Å². The summed E-state index contributed by atoms with van der Waals surface area (Å²) in [6, 6.07) is 1.98. The molecule has 0 aromatic carbocycles. The quantitative estimate of drug-likeness (QED) is 0.338. The molecule has 0 unspecified atom stereocenters. The third-order valence-corrected chi connectivity index (χ3v) is 8.89. The Bertz CT molecular complexity index is 1460. The number of nitrogens with zero attached hydrogens (tertiary/aromatic N) is 8. The molecule has 0 amide bonds. The number of hydrogen-bond donors (Lipinski definition) is 1. The van der Waals surface area contributed by atoms with Gasteiger partial charge in [-0.15, -0.1) is 5.10 Å². The van der Waals surface area contributed by atoms with Gasteiger partial charge in [0.2, 0.25) is 5.88 Å². The number of rotatable bonds is 7. The molecule has 12 heteroatoms. The van der Waals surface area contributed by atoms with Gasteiger partial charge in [0, 0.05) is 36.5 Å². The monoisotopic (exact) mass is 559 g/mol. The van der Waals surface area contributed by atoms with Gasteiger partial charge < -0.3 is 15.0 Å². The lowest BCUT2D eigenvalue weighted by Gasteiger charge is -2.38. The topological polar surface area (TPSA) is 147 Å². The van der Waals surface area contributed by atoms with E-state index >= 15 is 0 Å². The summed E-state index contributed by atoms with van der Waals surface area (Å²) in [4.78, 5) is 42.6. The van der Waals surface area contributed by atoms with Crippen LogP contribution in [0.5, 0.6) is 5.88 Å². The summed E-state index contributed by atoms with van der Waals surface area (Å²) < 4.78 is 9.83. The molecule has 3 aromatic rings. The molecular weight excluding hydrogens is 522 g/mol. The maximum Gasteiger partial charge on any atom is 0.219 e. The Labute approximate surface area is 239 Å². The maximum atomic E-state index is 13.8. The molecule has 1 aliphatic heterocycles. The van der Waals surface area contributed by atoms with E-state index in [9.17, 15) is 9.59 Å². The molecule has 2 saturated carbocycles. The van der Waals surface area contributed by atoms with Gasteiger partial charge in [-0.3, -0.25) is 14.5 Å². The summed E-state index contributed by atoms with van der Waals surface area (Å²) in [5.74, 6) is 0.850. The number of nitrogens with two attached hydrogens (primary N) is 1. The van der Waals surface area contributed by atoms with Gasteiger partial charge in [-0.25, -0.2) is 14.6 Å². The molecule has 12 nitrogen and oxygen atoms in total. The van der Waals surface area contributed by atoms with Gasteiger partial charge in [0.15, 0.2) is 17.4 Å². The third kappa shape index (κ3) is 5.28. The number of likely N-dealkylation sites (N-methyl/N-ethyl adjacent to an activating group) is 1. The summed E-state index contributed by atoms with van der Waals surface area (Å²) in [5.41, 5.74) is 7.09. The minimum Gasteiger partial charge on any atom is -0.473 e. The van der Waals surface area contributed by atoms with E-state index < -0.39 is 5.41 Å². The highest BCUT2D eigenvalue weighted by atomic mass is 16.5. The summed E-state index contributed by atoms with van der Waals surface area (Å²) in [5, 5.41) is 8.59. The Morgan fingerprint density at radius 1 is 1.17 bits per heavy atom. The van der Waals surface area contributed by atoms with Crippen molar-refractivity contribution in [2.45, 2.75) is 83.4 Å². The van der Waals surface area contributed by atoms with Gasteiger partial charge in [-0.05, 0) is 65.5 Å². The number of ether oxygens (including phenoxy) is 1. The van der Waals surface area contributed by atoms with E-state index in [1.54, 1.807) is 29.5 Å². The SMILES string of the molecule is C[C@H](Oc1cc(-n2cc(Cn3ccnc3)nn2)nc(C(N)=C2CCC[C@@]3(CCCCC3=O)C2=O)n1)[C@@H]1CCCN1C. The van der Waals surface area contributed by atoms with Crippen LogP contribution in [0.15, 0.2) is 36.6 Å². The summed E-state index contributed by atoms with van der Waals surface area (Å²) in [7, 11) is 2.10. The fraction of sp³-hybridized carbons (Fsp3) is 0.552. The smallest absolute Gasteiger partial charge is 0.219 e.